The van der Waals surface area contributed by atoms with Crippen LogP contribution in [0.4, 0.5) is 13.2 Å². The molecule has 0 radical (unpaired) electrons. The van der Waals surface area contributed by atoms with Gasteiger partial charge in [0.05, 0.1) is 0 Å². The Balaban J connectivity index is 1.51. The fourth-order valence-electron chi connectivity index (χ4n) is 8.28. The summed E-state index contributed by atoms with van der Waals surface area (Å²) in [5.41, 5.74) is -3.11. The van der Waals surface area contributed by atoms with Crippen LogP contribution < -0.4 is 0 Å². The summed E-state index contributed by atoms with van der Waals surface area (Å²) in [5.74, 6) is 0.122. The molecule has 184 valence electrons. The Bertz CT molecular complexity index is 814. The Labute approximate surface area is 186 Å². The standard InChI is InChI=1S/C22H34F3O6P/c1-19-9-10-21(27,22(23,24)25)11-13(19)3-4-14-15-5-6-17(18(26)12-31-32(28,29)30)20(15,2)8-7-16(14)19/h13-17,27H,3-12H2,1-2H3,(H2,28,29,30)/t13-,14?,15?,16?,17-,19+,20+,21-/m1/s1. The van der Waals surface area contributed by atoms with Gasteiger partial charge < -0.3 is 14.9 Å². The summed E-state index contributed by atoms with van der Waals surface area (Å²) in [6, 6.07) is 0. The molecule has 4 rings (SSSR count). The predicted octanol–water partition coefficient (Wildman–Crippen LogP) is 4.62. The molecule has 0 spiro atoms. The highest BCUT2D eigenvalue weighted by atomic mass is 31.2. The summed E-state index contributed by atoms with van der Waals surface area (Å²) in [4.78, 5) is 30.6. The van der Waals surface area contributed by atoms with Crippen molar-refractivity contribution in [1.29, 1.82) is 0 Å². The minimum atomic E-state index is -4.71. The minimum Gasteiger partial charge on any atom is -0.380 e. The van der Waals surface area contributed by atoms with E-state index in [1.807, 2.05) is 0 Å². The lowest BCUT2D eigenvalue weighted by molar-refractivity contribution is -0.290. The highest BCUT2D eigenvalue weighted by Crippen LogP contribution is 2.68. The normalized spacial score (nSPS) is 46.8. The Kier molecular flexibility index (Phi) is 5.99. The van der Waals surface area contributed by atoms with Gasteiger partial charge in [0.15, 0.2) is 11.4 Å². The zero-order valence-electron chi connectivity index (χ0n) is 18.6. The zero-order valence-corrected chi connectivity index (χ0v) is 19.5. The number of alkyl halides is 3. The number of halogens is 3. The lowest BCUT2D eigenvalue weighted by Gasteiger charge is -2.62. The van der Waals surface area contributed by atoms with Crippen molar-refractivity contribution in [2.45, 2.75) is 83.4 Å². The topological polar surface area (TPSA) is 104 Å². The van der Waals surface area contributed by atoms with Crippen molar-refractivity contribution < 1.29 is 41.9 Å². The van der Waals surface area contributed by atoms with E-state index in [1.54, 1.807) is 0 Å². The zero-order chi connectivity index (χ0) is 23.7. The van der Waals surface area contributed by atoms with Gasteiger partial charge in [0.2, 0.25) is 0 Å². The molecule has 0 aliphatic heterocycles. The molecule has 4 fully saturated rings. The molecule has 0 aromatic rings. The van der Waals surface area contributed by atoms with Gasteiger partial charge in [0, 0.05) is 5.92 Å². The van der Waals surface area contributed by atoms with Gasteiger partial charge in [-0.25, -0.2) is 4.57 Å². The summed E-state index contributed by atoms with van der Waals surface area (Å²) in [6.45, 7) is 3.61. The van der Waals surface area contributed by atoms with Crippen molar-refractivity contribution >= 4 is 13.6 Å². The second-order valence-corrected chi connectivity index (χ2v) is 12.5. The second-order valence-electron chi connectivity index (χ2n) is 11.3. The fourth-order valence-corrected chi connectivity index (χ4v) is 8.58. The van der Waals surface area contributed by atoms with Crippen LogP contribution in [0.5, 0.6) is 0 Å². The summed E-state index contributed by atoms with van der Waals surface area (Å²) in [6.07, 6.45) is -0.161. The maximum atomic E-state index is 13.5. The van der Waals surface area contributed by atoms with Crippen molar-refractivity contribution in [2.24, 2.45) is 40.4 Å². The van der Waals surface area contributed by atoms with E-state index in [1.165, 1.54) is 0 Å². The van der Waals surface area contributed by atoms with Gasteiger partial charge >= 0.3 is 14.0 Å². The van der Waals surface area contributed by atoms with Crippen LogP contribution in [0.25, 0.3) is 0 Å². The molecule has 4 aliphatic carbocycles. The molecule has 3 unspecified atom stereocenters. The van der Waals surface area contributed by atoms with Crippen LogP contribution >= 0.6 is 7.82 Å². The molecular weight excluding hydrogens is 448 g/mol. The van der Waals surface area contributed by atoms with Gasteiger partial charge in [-0.15, -0.1) is 0 Å². The van der Waals surface area contributed by atoms with Crippen LogP contribution in [0.1, 0.15) is 71.6 Å². The van der Waals surface area contributed by atoms with E-state index in [0.29, 0.717) is 25.2 Å². The Morgan fingerprint density at radius 2 is 1.66 bits per heavy atom. The molecule has 4 saturated carbocycles. The Hall–Kier alpha value is -0.470. The highest BCUT2D eigenvalue weighted by Gasteiger charge is 2.65. The van der Waals surface area contributed by atoms with Crippen molar-refractivity contribution in [3.05, 3.63) is 0 Å². The molecule has 0 aromatic heterocycles. The van der Waals surface area contributed by atoms with Crippen LogP contribution in [0.15, 0.2) is 0 Å². The second kappa shape index (κ2) is 7.77. The van der Waals surface area contributed by atoms with Crippen LogP contribution in [-0.2, 0) is 13.9 Å². The van der Waals surface area contributed by atoms with Crippen molar-refractivity contribution in [3.8, 4) is 0 Å². The van der Waals surface area contributed by atoms with Crippen molar-refractivity contribution in [3.63, 3.8) is 0 Å². The van der Waals surface area contributed by atoms with E-state index in [-0.39, 0.29) is 53.1 Å². The molecule has 0 saturated heterocycles. The first-order chi connectivity index (χ1) is 14.6. The number of phosphoric acid groups is 1. The number of hydrogen-bond donors (Lipinski definition) is 3. The number of rotatable bonds is 4. The summed E-state index contributed by atoms with van der Waals surface area (Å²) in [5, 5.41) is 10.3. The van der Waals surface area contributed by atoms with Gasteiger partial charge in [0.25, 0.3) is 0 Å². The number of aliphatic hydroxyl groups is 1. The van der Waals surface area contributed by atoms with Crippen LogP contribution in [0, 0.1) is 40.4 Å². The average Bonchev–Trinajstić information content (AvgIpc) is 3.02. The van der Waals surface area contributed by atoms with E-state index in [9.17, 15) is 27.6 Å². The molecule has 6 nitrogen and oxygen atoms in total. The fraction of sp³-hybridized carbons (Fsp3) is 0.955. The number of carbonyl (C=O) groups excluding carboxylic acids is 1. The molecule has 0 amide bonds. The molecule has 0 bridgehead atoms. The molecule has 8 atom stereocenters. The van der Waals surface area contributed by atoms with Gasteiger partial charge in [-0.05, 0) is 92.3 Å². The number of Topliss-reactive ketones (excluding diaryl/α,β-unsaturated/α-hetero) is 1. The highest BCUT2D eigenvalue weighted by molar-refractivity contribution is 7.46. The summed E-state index contributed by atoms with van der Waals surface area (Å²) >= 11 is 0. The molecular formula is C22H34F3O6P. The first kappa shape index (κ1) is 24.6. The largest absolute Gasteiger partial charge is 0.470 e. The molecule has 10 heteroatoms. The third-order valence-corrected chi connectivity index (χ3v) is 10.5. The molecule has 0 aromatic carbocycles. The van der Waals surface area contributed by atoms with Crippen LogP contribution in [0.3, 0.4) is 0 Å². The predicted molar refractivity (Wildman–Crippen MR) is 109 cm³/mol. The summed E-state index contributed by atoms with van der Waals surface area (Å²) < 4.78 is 55.9. The SMILES string of the molecule is C[C@]12CCC3C(CC[C@@H]4C[C@@](O)(C(F)(F)F)CC[C@]34C)C1CC[C@@H]2C(=O)COP(=O)(O)O. The smallest absolute Gasteiger partial charge is 0.380 e. The van der Waals surface area contributed by atoms with Gasteiger partial charge in [-0.2, -0.15) is 13.2 Å². The Morgan fingerprint density at radius 3 is 2.28 bits per heavy atom. The van der Waals surface area contributed by atoms with Crippen molar-refractivity contribution in [1.82, 2.24) is 0 Å². The van der Waals surface area contributed by atoms with Crippen LogP contribution in [-0.4, -0.2) is 39.1 Å². The lowest BCUT2D eigenvalue weighted by atomic mass is 9.43. The van der Waals surface area contributed by atoms with E-state index < -0.39 is 26.2 Å². The molecule has 4 aliphatic rings. The van der Waals surface area contributed by atoms with E-state index in [2.05, 4.69) is 18.4 Å². The molecule has 0 heterocycles. The van der Waals surface area contributed by atoms with E-state index in [0.717, 1.165) is 25.7 Å². The lowest BCUT2D eigenvalue weighted by Crippen LogP contribution is -2.59. The first-order valence-electron chi connectivity index (χ1n) is 11.6. The number of hydrogen-bond acceptors (Lipinski definition) is 4. The molecule has 32 heavy (non-hydrogen) atoms. The third-order valence-electron chi connectivity index (χ3n) is 10.0. The number of fused-ring (bicyclic) bond motifs is 5. The quantitative estimate of drug-likeness (QED) is 0.506. The van der Waals surface area contributed by atoms with E-state index >= 15 is 0 Å². The number of phosphoric ester groups is 1. The van der Waals surface area contributed by atoms with E-state index in [4.69, 9.17) is 9.79 Å². The van der Waals surface area contributed by atoms with Gasteiger partial charge in [-0.3, -0.25) is 9.32 Å². The molecule has 3 N–H and O–H groups in total. The monoisotopic (exact) mass is 482 g/mol. The summed E-state index contributed by atoms with van der Waals surface area (Å²) in [7, 11) is -4.71. The third kappa shape index (κ3) is 3.90. The van der Waals surface area contributed by atoms with Gasteiger partial charge in [0.1, 0.15) is 6.61 Å². The van der Waals surface area contributed by atoms with Gasteiger partial charge in [-0.1, -0.05) is 13.8 Å². The Morgan fingerprint density at radius 1 is 1.00 bits per heavy atom. The minimum absolute atomic E-state index is 0.163. The number of carbonyl (C=O) groups is 1. The van der Waals surface area contributed by atoms with Crippen LogP contribution in [0.2, 0.25) is 0 Å². The maximum absolute atomic E-state index is 13.5. The van der Waals surface area contributed by atoms with Crippen molar-refractivity contribution in [2.75, 3.05) is 6.61 Å². The number of ketones is 1. The maximum Gasteiger partial charge on any atom is 0.470 e. The average molecular weight is 482 g/mol. The first-order valence-corrected chi connectivity index (χ1v) is 13.2.